The third-order valence-corrected chi connectivity index (χ3v) is 5.66. The lowest BCUT2D eigenvalue weighted by atomic mass is 10.1. The van der Waals surface area contributed by atoms with Crippen molar-refractivity contribution in [1.29, 1.82) is 0 Å². The molecule has 1 fully saturated rings. The molecule has 1 saturated heterocycles. The zero-order valence-corrected chi connectivity index (χ0v) is 16.8. The Morgan fingerprint density at radius 2 is 2.23 bits per heavy atom. The number of fused-ring (bicyclic) bond motifs is 1. The maximum Gasteiger partial charge on any atom is 0.323 e. The van der Waals surface area contributed by atoms with Gasteiger partial charge in [0.15, 0.2) is 0 Å². The van der Waals surface area contributed by atoms with Gasteiger partial charge in [-0.1, -0.05) is 6.07 Å². The Balaban J connectivity index is 1.30. The van der Waals surface area contributed by atoms with E-state index in [9.17, 15) is 14.4 Å². The summed E-state index contributed by atoms with van der Waals surface area (Å²) in [6, 6.07) is 5.29. The Kier molecular flexibility index (Phi) is 5.77. The average Bonchev–Trinajstić information content (AvgIpc) is 3.19. The fourth-order valence-electron chi connectivity index (χ4n) is 3.19. The van der Waals surface area contributed by atoms with Crippen molar-refractivity contribution >= 4 is 41.1 Å². The molecule has 0 radical (unpaired) electrons. The molecule has 0 bridgehead atoms. The van der Waals surface area contributed by atoms with Crippen molar-refractivity contribution in [3.63, 3.8) is 0 Å². The Morgan fingerprint density at radius 1 is 1.40 bits per heavy atom. The number of ether oxygens (including phenoxy) is 1. The van der Waals surface area contributed by atoms with E-state index in [0.717, 1.165) is 4.88 Å². The molecule has 2 N–H and O–H groups in total. The first-order chi connectivity index (χ1) is 14.5. The highest BCUT2D eigenvalue weighted by molar-refractivity contribution is 7.09. The van der Waals surface area contributed by atoms with Gasteiger partial charge in [0, 0.05) is 35.8 Å². The van der Waals surface area contributed by atoms with Crippen LogP contribution in [0.1, 0.15) is 16.0 Å². The second-order valence-corrected chi connectivity index (χ2v) is 8.08. The number of urea groups is 1. The van der Waals surface area contributed by atoms with Crippen molar-refractivity contribution in [2.75, 3.05) is 25.0 Å². The van der Waals surface area contributed by atoms with Gasteiger partial charge in [-0.15, -0.1) is 11.3 Å². The summed E-state index contributed by atoms with van der Waals surface area (Å²) in [6.45, 7) is 1.44. The Hall–Kier alpha value is -3.24. The molecular weight excluding hydrogens is 408 g/mol. The smallest absolute Gasteiger partial charge is 0.323 e. The number of carbonyl (C=O) groups excluding carboxylic acids is 2. The molecule has 30 heavy (non-hydrogen) atoms. The Morgan fingerprint density at radius 3 is 2.97 bits per heavy atom. The van der Waals surface area contributed by atoms with E-state index in [1.165, 1.54) is 11.0 Å². The minimum absolute atomic E-state index is 0.0543. The summed E-state index contributed by atoms with van der Waals surface area (Å²) >= 11 is 1.65. The predicted octanol–water partition coefficient (Wildman–Crippen LogP) is 2.02. The molecule has 0 atom stereocenters. The van der Waals surface area contributed by atoms with Crippen LogP contribution in [0.2, 0.25) is 0 Å². The minimum Gasteiger partial charge on any atom is -0.480 e. The first kappa shape index (κ1) is 20.0. The van der Waals surface area contributed by atoms with E-state index < -0.39 is 18.5 Å². The van der Waals surface area contributed by atoms with Gasteiger partial charge in [-0.25, -0.2) is 9.78 Å². The lowest BCUT2D eigenvalue weighted by Crippen LogP contribution is -2.54. The zero-order valence-electron chi connectivity index (χ0n) is 16.0. The van der Waals surface area contributed by atoms with Crippen LogP contribution >= 0.6 is 11.3 Å². The average molecular weight is 428 g/mol. The maximum atomic E-state index is 12.3. The molecule has 2 aliphatic rings. The first-order valence-corrected chi connectivity index (χ1v) is 10.2. The van der Waals surface area contributed by atoms with Crippen LogP contribution in [0.3, 0.4) is 0 Å². The topological polar surface area (TPSA) is 112 Å². The second-order valence-electron chi connectivity index (χ2n) is 7.05. The van der Waals surface area contributed by atoms with Crippen LogP contribution in [0.25, 0.3) is 6.08 Å². The van der Waals surface area contributed by atoms with Gasteiger partial charge < -0.3 is 19.6 Å². The van der Waals surface area contributed by atoms with E-state index in [0.29, 0.717) is 36.6 Å². The van der Waals surface area contributed by atoms with E-state index in [2.05, 4.69) is 10.3 Å². The molecule has 9 nitrogen and oxygen atoms in total. The summed E-state index contributed by atoms with van der Waals surface area (Å²) in [5.41, 5.74) is 1.39. The number of rotatable bonds is 7. The van der Waals surface area contributed by atoms with Crippen molar-refractivity contribution in [3.05, 3.63) is 51.9 Å². The van der Waals surface area contributed by atoms with Crippen LogP contribution < -0.4 is 5.32 Å². The number of pyridine rings is 1. The number of aromatic nitrogens is 1. The van der Waals surface area contributed by atoms with Gasteiger partial charge in [0.1, 0.15) is 12.4 Å². The van der Waals surface area contributed by atoms with Gasteiger partial charge >= 0.3 is 12.0 Å². The molecule has 2 aliphatic heterocycles. The number of anilines is 1. The summed E-state index contributed by atoms with van der Waals surface area (Å²) in [6.07, 6.45) is 4.75. The van der Waals surface area contributed by atoms with Crippen LogP contribution in [-0.2, 0) is 27.5 Å². The van der Waals surface area contributed by atoms with Crippen LogP contribution in [-0.4, -0.2) is 63.5 Å². The summed E-state index contributed by atoms with van der Waals surface area (Å²) in [5, 5.41) is 13.5. The van der Waals surface area contributed by atoms with E-state index in [1.807, 2.05) is 17.5 Å². The molecule has 2 aromatic rings. The third kappa shape index (κ3) is 4.66. The van der Waals surface area contributed by atoms with E-state index in [4.69, 9.17) is 9.84 Å². The van der Waals surface area contributed by atoms with E-state index in [1.54, 1.807) is 34.6 Å². The number of carboxylic acid groups (broad SMARTS) is 1. The van der Waals surface area contributed by atoms with Crippen molar-refractivity contribution < 1.29 is 24.2 Å². The van der Waals surface area contributed by atoms with Crippen molar-refractivity contribution in [3.8, 4) is 0 Å². The number of nitrogens with one attached hydrogen (secondary N) is 1. The molecule has 0 aliphatic carbocycles. The molecule has 4 heterocycles. The number of hydrogen-bond acceptors (Lipinski definition) is 6. The monoisotopic (exact) mass is 428 g/mol. The summed E-state index contributed by atoms with van der Waals surface area (Å²) in [5.74, 6) is -0.793. The van der Waals surface area contributed by atoms with Gasteiger partial charge in [0.2, 0.25) is 5.91 Å². The number of carboxylic acids is 1. The Labute approximate surface area is 176 Å². The molecule has 156 valence electrons. The van der Waals surface area contributed by atoms with Crippen molar-refractivity contribution in [2.45, 2.75) is 19.3 Å². The first-order valence-electron chi connectivity index (χ1n) is 9.35. The van der Waals surface area contributed by atoms with Crippen LogP contribution in [0, 0.1) is 0 Å². The van der Waals surface area contributed by atoms with Crippen molar-refractivity contribution in [2.24, 2.45) is 0 Å². The molecule has 0 unspecified atom stereocenters. The lowest BCUT2D eigenvalue weighted by molar-refractivity contribution is -0.140. The third-order valence-electron chi connectivity index (χ3n) is 4.81. The molecule has 2 aromatic heterocycles. The largest absolute Gasteiger partial charge is 0.480 e. The fourth-order valence-corrected chi connectivity index (χ4v) is 3.82. The number of amides is 3. The maximum absolute atomic E-state index is 12.3. The highest BCUT2D eigenvalue weighted by Crippen LogP contribution is 2.23. The van der Waals surface area contributed by atoms with Crippen LogP contribution in [0.5, 0.6) is 0 Å². The predicted molar refractivity (Wildman–Crippen MR) is 110 cm³/mol. The Bertz CT molecular complexity index is 985. The standard InChI is InChI=1S/C20H20N4O5S/c25-17(23-9-15(10-23)29-12-16-2-1-5-30-16)4-3-13-6-14-8-24(11-18(26)27)20(28)22-19(14)21-7-13/h1-7,15H,8-12H2,(H,26,27)(H,21,22,28). The van der Waals surface area contributed by atoms with Crippen LogP contribution in [0.4, 0.5) is 10.6 Å². The minimum atomic E-state index is -1.09. The molecule has 0 saturated carbocycles. The van der Waals surface area contributed by atoms with E-state index in [-0.39, 0.29) is 18.6 Å². The number of thiophene rings is 1. The second kappa shape index (κ2) is 8.64. The van der Waals surface area contributed by atoms with Gasteiger partial charge in [0.25, 0.3) is 0 Å². The van der Waals surface area contributed by atoms with Gasteiger partial charge in [0.05, 0.1) is 19.3 Å². The van der Waals surface area contributed by atoms with Gasteiger partial charge in [-0.05, 0) is 29.2 Å². The summed E-state index contributed by atoms with van der Waals surface area (Å²) in [4.78, 5) is 43.3. The number of likely N-dealkylation sites (tertiary alicyclic amines) is 1. The zero-order chi connectivity index (χ0) is 21.1. The molecule has 10 heteroatoms. The molecule has 0 aromatic carbocycles. The molecule has 3 amide bonds. The number of aliphatic carboxylic acids is 1. The van der Waals surface area contributed by atoms with E-state index >= 15 is 0 Å². The quantitative estimate of drug-likeness (QED) is 0.653. The molecule has 0 spiro atoms. The number of carbonyl (C=O) groups is 3. The number of hydrogen-bond donors (Lipinski definition) is 2. The number of nitrogens with zero attached hydrogens (tertiary/aromatic N) is 3. The highest BCUT2D eigenvalue weighted by atomic mass is 32.1. The summed E-state index contributed by atoms with van der Waals surface area (Å²) in [7, 11) is 0. The summed E-state index contributed by atoms with van der Waals surface area (Å²) < 4.78 is 5.78. The van der Waals surface area contributed by atoms with Crippen molar-refractivity contribution in [1.82, 2.24) is 14.8 Å². The van der Waals surface area contributed by atoms with Gasteiger partial charge in [-0.2, -0.15) is 0 Å². The molecular formula is C20H20N4O5S. The van der Waals surface area contributed by atoms with Crippen LogP contribution in [0.15, 0.2) is 35.9 Å². The fraction of sp³-hybridized carbons (Fsp3) is 0.300. The van der Waals surface area contributed by atoms with Gasteiger partial charge in [-0.3, -0.25) is 14.9 Å². The SMILES string of the molecule is O=C(O)CN1Cc2cc(C=CC(=O)N3CC(OCc4cccs4)C3)cnc2NC1=O. The normalized spacial score (nSPS) is 16.3. The lowest BCUT2D eigenvalue weighted by Gasteiger charge is -2.38. The molecule has 4 rings (SSSR count). The highest BCUT2D eigenvalue weighted by Gasteiger charge is 2.30.